The van der Waals surface area contributed by atoms with Gasteiger partial charge >= 0.3 is 0 Å². The minimum Gasteiger partial charge on any atom is -0.301 e. The monoisotopic (exact) mass is 333 g/mol. The summed E-state index contributed by atoms with van der Waals surface area (Å²) >= 11 is 0. The molecule has 2 aliphatic carbocycles. The standard InChI is InChI=1S/C21H39N3/c1-4-18-13-20(14-18)23-11-12-24(21(16-23)7-8-21)15-19-5-9-22(10-6-19)17(2)3/h17-20H,4-16H2,1-3H3. The molecule has 0 atom stereocenters. The lowest BCUT2D eigenvalue weighted by Crippen LogP contribution is -2.60. The van der Waals surface area contributed by atoms with E-state index in [9.17, 15) is 0 Å². The molecule has 24 heavy (non-hydrogen) atoms. The molecule has 0 aromatic rings. The van der Waals surface area contributed by atoms with Crippen LogP contribution in [0.4, 0.5) is 0 Å². The van der Waals surface area contributed by atoms with Crippen molar-refractivity contribution in [2.45, 2.75) is 83.3 Å². The van der Waals surface area contributed by atoms with Crippen molar-refractivity contribution in [2.75, 3.05) is 39.3 Å². The summed E-state index contributed by atoms with van der Waals surface area (Å²) in [6.07, 6.45) is 10.2. The minimum absolute atomic E-state index is 0.602. The third-order valence-electron chi connectivity index (χ3n) is 7.82. The Balaban J connectivity index is 1.26. The molecular weight excluding hydrogens is 294 g/mol. The van der Waals surface area contributed by atoms with Gasteiger partial charge in [0.15, 0.2) is 0 Å². The summed E-state index contributed by atoms with van der Waals surface area (Å²) in [4.78, 5) is 8.47. The first-order valence-electron chi connectivity index (χ1n) is 10.8. The molecule has 1 spiro atoms. The Bertz CT molecular complexity index is 417. The molecule has 2 aliphatic heterocycles. The highest BCUT2D eigenvalue weighted by Gasteiger charge is 2.52. The first-order chi connectivity index (χ1) is 11.6. The van der Waals surface area contributed by atoms with Crippen LogP contribution >= 0.6 is 0 Å². The molecule has 0 radical (unpaired) electrons. The highest BCUT2D eigenvalue weighted by molar-refractivity contribution is 5.10. The second-order valence-electron chi connectivity index (χ2n) is 9.61. The molecule has 2 heterocycles. The van der Waals surface area contributed by atoms with E-state index in [1.54, 1.807) is 0 Å². The molecule has 0 aromatic carbocycles. The van der Waals surface area contributed by atoms with Crippen molar-refractivity contribution in [1.29, 1.82) is 0 Å². The lowest BCUT2D eigenvalue weighted by Gasteiger charge is -2.50. The molecule has 2 saturated carbocycles. The molecule has 0 unspecified atom stereocenters. The van der Waals surface area contributed by atoms with Crippen molar-refractivity contribution >= 4 is 0 Å². The summed E-state index contributed by atoms with van der Waals surface area (Å²) in [5, 5.41) is 0. The first-order valence-corrected chi connectivity index (χ1v) is 10.8. The molecule has 138 valence electrons. The van der Waals surface area contributed by atoms with E-state index in [1.165, 1.54) is 84.2 Å². The van der Waals surface area contributed by atoms with Gasteiger partial charge in [0, 0.05) is 43.8 Å². The molecule has 4 aliphatic rings. The van der Waals surface area contributed by atoms with Crippen molar-refractivity contribution in [3.63, 3.8) is 0 Å². The summed E-state index contributed by atoms with van der Waals surface area (Å²) in [6, 6.07) is 1.67. The van der Waals surface area contributed by atoms with Gasteiger partial charge in [-0.15, -0.1) is 0 Å². The predicted molar refractivity (Wildman–Crippen MR) is 101 cm³/mol. The second-order valence-corrected chi connectivity index (χ2v) is 9.61. The predicted octanol–water partition coefficient (Wildman–Crippen LogP) is 3.45. The van der Waals surface area contributed by atoms with E-state index in [2.05, 4.69) is 35.5 Å². The number of hydrogen-bond acceptors (Lipinski definition) is 3. The van der Waals surface area contributed by atoms with Crippen LogP contribution < -0.4 is 0 Å². The van der Waals surface area contributed by atoms with Crippen molar-refractivity contribution in [2.24, 2.45) is 11.8 Å². The van der Waals surface area contributed by atoms with Crippen LogP contribution in [0, 0.1) is 11.8 Å². The zero-order chi connectivity index (χ0) is 16.7. The molecule has 2 saturated heterocycles. The van der Waals surface area contributed by atoms with Crippen LogP contribution in [0.2, 0.25) is 0 Å². The average molecular weight is 334 g/mol. The zero-order valence-electron chi connectivity index (χ0n) is 16.3. The normalized spacial score (nSPS) is 35.5. The van der Waals surface area contributed by atoms with Gasteiger partial charge in [-0.3, -0.25) is 9.80 Å². The summed E-state index contributed by atoms with van der Waals surface area (Å²) in [5.74, 6) is 1.99. The van der Waals surface area contributed by atoms with Gasteiger partial charge in [-0.05, 0) is 77.3 Å². The Morgan fingerprint density at radius 2 is 1.67 bits per heavy atom. The van der Waals surface area contributed by atoms with Gasteiger partial charge in [0.1, 0.15) is 0 Å². The number of nitrogens with zero attached hydrogens (tertiary/aromatic N) is 3. The number of likely N-dealkylation sites (tertiary alicyclic amines) is 1. The van der Waals surface area contributed by atoms with Crippen molar-refractivity contribution < 1.29 is 0 Å². The van der Waals surface area contributed by atoms with Gasteiger partial charge in [-0.25, -0.2) is 0 Å². The van der Waals surface area contributed by atoms with Crippen LogP contribution in [-0.4, -0.2) is 71.6 Å². The Hall–Kier alpha value is -0.120. The highest BCUT2D eigenvalue weighted by Crippen LogP contribution is 2.47. The maximum Gasteiger partial charge on any atom is 0.0338 e. The largest absolute Gasteiger partial charge is 0.301 e. The zero-order valence-corrected chi connectivity index (χ0v) is 16.3. The molecule has 0 bridgehead atoms. The summed E-state index contributed by atoms with van der Waals surface area (Å²) in [6.45, 7) is 15.2. The van der Waals surface area contributed by atoms with Gasteiger partial charge in [0.25, 0.3) is 0 Å². The number of hydrogen-bond donors (Lipinski definition) is 0. The Morgan fingerprint density at radius 3 is 2.25 bits per heavy atom. The van der Waals surface area contributed by atoms with Crippen molar-refractivity contribution in [3.8, 4) is 0 Å². The fraction of sp³-hybridized carbons (Fsp3) is 1.00. The molecule has 3 heteroatoms. The van der Waals surface area contributed by atoms with Crippen LogP contribution in [-0.2, 0) is 0 Å². The number of rotatable bonds is 5. The number of piperidine rings is 1. The summed E-state index contributed by atoms with van der Waals surface area (Å²) < 4.78 is 0. The lowest BCUT2D eigenvalue weighted by atomic mass is 9.77. The smallest absolute Gasteiger partial charge is 0.0338 e. The maximum atomic E-state index is 2.93. The summed E-state index contributed by atoms with van der Waals surface area (Å²) in [5.41, 5.74) is 0.602. The third kappa shape index (κ3) is 3.41. The van der Waals surface area contributed by atoms with Crippen LogP contribution in [0.1, 0.15) is 65.7 Å². The Labute approximate surface area is 149 Å². The van der Waals surface area contributed by atoms with Gasteiger partial charge in [0.05, 0.1) is 0 Å². The molecule has 0 amide bonds. The molecule has 4 rings (SSSR count). The van der Waals surface area contributed by atoms with E-state index in [4.69, 9.17) is 0 Å². The highest BCUT2D eigenvalue weighted by atomic mass is 15.3. The topological polar surface area (TPSA) is 9.72 Å². The molecular formula is C21H39N3. The van der Waals surface area contributed by atoms with Crippen LogP contribution in [0.25, 0.3) is 0 Å². The van der Waals surface area contributed by atoms with E-state index >= 15 is 0 Å². The van der Waals surface area contributed by atoms with E-state index in [-0.39, 0.29) is 0 Å². The molecule has 0 aromatic heterocycles. The van der Waals surface area contributed by atoms with Crippen molar-refractivity contribution in [3.05, 3.63) is 0 Å². The van der Waals surface area contributed by atoms with E-state index < -0.39 is 0 Å². The molecule has 0 N–H and O–H groups in total. The quantitative estimate of drug-likeness (QED) is 0.763. The van der Waals surface area contributed by atoms with Crippen LogP contribution in [0.3, 0.4) is 0 Å². The fourth-order valence-electron chi connectivity index (χ4n) is 5.55. The van der Waals surface area contributed by atoms with Crippen molar-refractivity contribution in [1.82, 2.24) is 14.7 Å². The maximum absolute atomic E-state index is 2.93. The van der Waals surface area contributed by atoms with Gasteiger partial charge in [-0.2, -0.15) is 0 Å². The van der Waals surface area contributed by atoms with E-state index in [1.807, 2.05) is 0 Å². The minimum atomic E-state index is 0.602. The summed E-state index contributed by atoms with van der Waals surface area (Å²) in [7, 11) is 0. The van der Waals surface area contributed by atoms with Gasteiger partial charge in [-0.1, -0.05) is 13.3 Å². The van der Waals surface area contributed by atoms with Crippen LogP contribution in [0.15, 0.2) is 0 Å². The SMILES string of the molecule is CCC1CC(N2CCN(CC3CCN(C(C)C)CC3)C3(CC3)C2)C1. The Kier molecular flexibility index (Phi) is 4.96. The van der Waals surface area contributed by atoms with E-state index in [0.717, 1.165) is 23.9 Å². The average Bonchev–Trinajstić information content (AvgIpc) is 3.30. The fourth-order valence-corrected chi connectivity index (χ4v) is 5.55. The van der Waals surface area contributed by atoms with Gasteiger partial charge in [0.2, 0.25) is 0 Å². The molecule has 4 fully saturated rings. The molecule has 3 nitrogen and oxygen atoms in total. The lowest BCUT2D eigenvalue weighted by molar-refractivity contribution is -0.0165. The van der Waals surface area contributed by atoms with Gasteiger partial charge < -0.3 is 4.90 Å². The second kappa shape index (κ2) is 6.89. The number of piperazine rings is 1. The Morgan fingerprint density at radius 1 is 0.958 bits per heavy atom. The van der Waals surface area contributed by atoms with E-state index in [0.29, 0.717) is 5.54 Å². The third-order valence-corrected chi connectivity index (χ3v) is 7.82. The van der Waals surface area contributed by atoms with Crippen LogP contribution in [0.5, 0.6) is 0 Å². The first kappa shape index (κ1) is 17.3.